The number of hydrogen-bond acceptors (Lipinski definition) is 9. The second kappa shape index (κ2) is 6.19. The van der Waals surface area contributed by atoms with Crippen LogP contribution >= 0.6 is 0 Å². The van der Waals surface area contributed by atoms with Crippen LogP contribution in [0.25, 0.3) is 0 Å². The van der Waals surface area contributed by atoms with Crippen LogP contribution in [0.15, 0.2) is 0 Å². The molecule has 9 heteroatoms. The highest BCUT2D eigenvalue weighted by Gasteiger charge is 2.54. The maximum atomic E-state index is 9.80. The maximum absolute atomic E-state index is 9.80. The van der Waals surface area contributed by atoms with Crippen LogP contribution in [-0.2, 0) is 9.47 Å². The Bertz CT molecular complexity index is 260. The lowest BCUT2D eigenvalue weighted by Crippen LogP contribution is -2.66. The second-order valence-corrected chi connectivity index (χ2v) is 4.04. The normalized spacial score (nSPS) is 42.8. The van der Waals surface area contributed by atoms with E-state index in [4.69, 9.17) is 20.1 Å². The van der Waals surface area contributed by atoms with E-state index in [2.05, 4.69) is 4.74 Å². The first-order chi connectivity index (χ1) is 8.35. The Morgan fingerprint density at radius 3 is 2.28 bits per heavy atom. The Morgan fingerprint density at radius 1 is 1.17 bits per heavy atom. The molecule has 1 rings (SSSR count). The van der Waals surface area contributed by atoms with Crippen LogP contribution < -0.4 is 0 Å². The third kappa shape index (κ3) is 3.15. The van der Waals surface area contributed by atoms with Crippen molar-refractivity contribution in [1.82, 2.24) is 0 Å². The molecular formula is C9H18O9. The third-order valence-electron chi connectivity index (χ3n) is 2.62. The molecule has 1 unspecified atom stereocenters. The van der Waals surface area contributed by atoms with Gasteiger partial charge in [-0.05, 0) is 0 Å². The molecule has 0 aromatic rings. The van der Waals surface area contributed by atoms with Gasteiger partial charge in [-0.15, -0.1) is 0 Å². The van der Waals surface area contributed by atoms with Crippen LogP contribution in [0, 0.1) is 0 Å². The highest BCUT2D eigenvalue weighted by molar-refractivity contribution is 4.92. The molecule has 0 saturated carbocycles. The zero-order valence-corrected chi connectivity index (χ0v) is 9.46. The maximum Gasteiger partial charge on any atom is 0.311 e. The predicted molar refractivity (Wildman–Crippen MR) is 54.0 cm³/mol. The zero-order chi connectivity index (χ0) is 13.9. The molecule has 7 N–H and O–H groups in total. The van der Waals surface area contributed by atoms with Gasteiger partial charge in [-0.2, -0.15) is 0 Å². The SMILES string of the molecule is OCC(O)CO[C@@]1(O)O[C@H](CO)[C@H](O)[C@H](O)[C@H]1O. The summed E-state index contributed by atoms with van der Waals surface area (Å²) in [6.45, 7) is -1.94. The molecule has 1 heterocycles. The van der Waals surface area contributed by atoms with E-state index in [-0.39, 0.29) is 0 Å². The van der Waals surface area contributed by atoms with Crippen molar-refractivity contribution < 1.29 is 45.2 Å². The first kappa shape index (κ1) is 15.7. The van der Waals surface area contributed by atoms with Gasteiger partial charge in [0, 0.05) is 0 Å². The Morgan fingerprint density at radius 2 is 1.78 bits per heavy atom. The van der Waals surface area contributed by atoms with Gasteiger partial charge in [0.25, 0.3) is 0 Å². The largest absolute Gasteiger partial charge is 0.394 e. The summed E-state index contributed by atoms with van der Waals surface area (Å²) in [6, 6.07) is 0. The number of hydrogen-bond donors (Lipinski definition) is 7. The van der Waals surface area contributed by atoms with Crippen molar-refractivity contribution in [1.29, 1.82) is 0 Å². The lowest BCUT2D eigenvalue weighted by atomic mass is 9.98. The molecule has 0 bridgehead atoms. The van der Waals surface area contributed by atoms with E-state index in [1.54, 1.807) is 0 Å². The van der Waals surface area contributed by atoms with Gasteiger partial charge in [0.15, 0.2) is 6.10 Å². The van der Waals surface area contributed by atoms with Gasteiger partial charge in [-0.25, -0.2) is 0 Å². The van der Waals surface area contributed by atoms with Crippen molar-refractivity contribution in [2.45, 2.75) is 36.5 Å². The van der Waals surface area contributed by atoms with Crippen molar-refractivity contribution in [3.63, 3.8) is 0 Å². The zero-order valence-electron chi connectivity index (χ0n) is 9.46. The predicted octanol–water partition coefficient (Wildman–Crippen LogP) is -4.52. The van der Waals surface area contributed by atoms with E-state index in [0.717, 1.165) is 0 Å². The minimum atomic E-state index is -2.69. The van der Waals surface area contributed by atoms with E-state index in [0.29, 0.717) is 0 Å². The van der Waals surface area contributed by atoms with Gasteiger partial charge in [0.05, 0.1) is 19.8 Å². The van der Waals surface area contributed by atoms with Gasteiger partial charge in [-0.1, -0.05) is 0 Å². The smallest absolute Gasteiger partial charge is 0.311 e. The van der Waals surface area contributed by atoms with Crippen LogP contribution in [0.1, 0.15) is 0 Å². The van der Waals surface area contributed by atoms with E-state index < -0.39 is 56.3 Å². The minimum Gasteiger partial charge on any atom is -0.394 e. The molecule has 0 aliphatic carbocycles. The molecule has 0 amide bonds. The first-order valence-electron chi connectivity index (χ1n) is 5.33. The summed E-state index contributed by atoms with van der Waals surface area (Å²) in [4.78, 5) is 0. The molecule has 108 valence electrons. The van der Waals surface area contributed by atoms with Crippen LogP contribution in [0.5, 0.6) is 0 Å². The van der Waals surface area contributed by atoms with E-state index in [1.165, 1.54) is 0 Å². The highest BCUT2D eigenvalue weighted by Crippen LogP contribution is 2.29. The Hall–Kier alpha value is -0.360. The molecule has 6 atom stereocenters. The Labute approximate surface area is 102 Å². The number of aliphatic hydroxyl groups is 7. The fourth-order valence-electron chi connectivity index (χ4n) is 1.51. The summed E-state index contributed by atoms with van der Waals surface area (Å²) >= 11 is 0. The van der Waals surface area contributed by atoms with Crippen LogP contribution in [0.4, 0.5) is 0 Å². The van der Waals surface area contributed by atoms with Gasteiger partial charge in [-0.3, -0.25) is 0 Å². The number of rotatable bonds is 5. The quantitative estimate of drug-likeness (QED) is 0.244. The van der Waals surface area contributed by atoms with Gasteiger partial charge >= 0.3 is 5.97 Å². The Kier molecular flexibility index (Phi) is 5.40. The monoisotopic (exact) mass is 270 g/mol. The fraction of sp³-hybridized carbons (Fsp3) is 1.00. The van der Waals surface area contributed by atoms with E-state index in [9.17, 15) is 20.4 Å². The lowest BCUT2D eigenvalue weighted by Gasteiger charge is -2.44. The van der Waals surface area contributed by atoms with Crippen molar-refractivity contribution in [2.24, 2.45) is 0 Å². The summed E-state index contributed by atoms with van der Waals surface area (Å²) in [7, 11) is 0. The fourth-order valence-corrected chi connectivity index (χ4v) is 1.51. The van der Waals surface area contributed by atoms with Crippen molar-refractivity contribution in [3.8, 4) is 0 Å². The molecule has 9 nitrogen and oxygen atoms in total. The molecule has 18 heavy (non-hydrogen) atoms. The second-order valence-electron chi connectivity index (χ2n) is 4.04. The molecule has 1 fully saturated rings. The number of aliphatic hydroxyl groups excluding tert-OH is 6. The summed E-state index contributed by atoms with van der Waals surface area (Å²) in [5.41, 5.74) is 0. The summed E-state index contributed by atoms with van der Waals surface area (Å²) in [5.74, 6) is -2.69. The molecular weight excluding hydrogens is 252 g/mol. The van der Waals surface area contributed by atoms with Gasteiger partial charge in [0.2, 0.25) is 0 Å². The van der Waals surface area contributed by atoms with Crippen LogP contribution in [0.3, 0.4) is 0 Å². The highest BCUT2D eigenvalue weighted by atomic mass is 16.8. The average Bonchev–Trinajstić information content (AvgIpc) is 2.38. The summed E-state index contributed by atoms with van der Waals surface area (Å²) in [6.07, 6.45) is -8.08. The van der Waals surface area contributed by atoms with Crippen molar-refractivity contribution >= 4 is 0 Å². The molecule has 0 aromatic carbocycles. The molecule has 0 spiro atoms. The van der Waals surface area contributed by atoms with Gasteiger partial charge in [0.1, 0.15) is 24.4 Å². The lowest BCUT2D eigenvalue weighted by molar-refractivity contribution is -0.451. The first-order valence-corrected chi connectivity index (χ1v) is 5.33. The standard InChI is InChI=1S/C9H18O9/c10-1-4(12)3-17-9(16)8(15)7(14)6(13)5(2-11)18-9/h4-8,10-16H,1-3H2/t4?,5-,6+,7+,8-,9-/m1/s1. The molecule has 0 aromatic heterocycles. The van der Waals surface area contributed by atoms with Crippen LogP contribution in [-0.4, -0.2) is 92.1 Å². The van der Waals surface area contributed by atoms with Crippen molar-refractivity contribution in [3.05, 3.63) is 0 Å². The van der Waals surface area contributed by atoms with E-state index >= 15 is 0 Å². The number of ether oxygens (including phenoxy) is 2. The summed E-state index contributed by atoms with van der Waals surface area (Å²) < 4.78 is 9.42. The van der Waals surface area contributed by atoms with Crippen molar-refractivity contribution in [2.75, 3.05) is 19.8 Å². The topological polar surface area (TPSA) is 160 Å². The third-order valence-corrected chi connectivity index (χ3v) is 2.62. The van der Waals surface area contributed by atoms with E-state index in [1.807, 2.05) is 0 Å². The Balaban J connectivity index is 2.72. The minimum absolute atomic E-state index is 0.578. The van der Waals surface area contributed by atoms with Gasteiger partial charge < -0.3 is 45.2 Å². The average molecular weight is 270 g/mol. The molecule has 1 saturated heterocycles. The molecule has 0 radical (unpaired) electrons. The van der Waals surface area contributed by atoms with Crippen LogP contribution in [0.2, 0.25) is 0 Å². The molecule has 1 aliphatic heterocycles. The molecule has 1 aliphatic rings. The summed E-state index contributed by atoms with van der Waals surface area (Å²) in [5, 5.41) is 64.7.